The zero-order valence-electron chi connectivity index (χ0n) is 17.6. The standard InChI is InChI=1S/C23H28F2N4O2/c1-13-7-22(5-4-18(13)30)10-16-3-2-14(11-26)6-17(16)19(22)20(31)29(21(27)28)12-15-8-23(24,25)9-15/h2-3,6,13,15,18-19,30H,4-5,7-10,12H2,1H3,(H3,27,28). The molecule has 4 rings (SSSR count). The number of rotatable bonds is 3. The van der Waals surface area contributed by atoms with E-state index < -0.39 is 35.2 Å². The minimum absolute atomic E-state index is 0.00178. The second kappa shape index (κ2) is 7.56. The third-order valence-electron chi connectivity index (χ3n) is 7.48. The van der Waals surface area contributed by atoms with Crippen LogP contribution in [0, 0.1) is 34.0 Å². The predicted molar refractivity (Wildman–Crippen MR) is 110 cm³/mol. The van der Waals surface area contributed by atoms with Crippen LogP contribution in [0.3, 0.4) is 0 Å². The van der Waals surface area contributed by atoms with Crippen LogP contribution < -0.4 is 5.73 Å². The summed E-state index contributed by atoms with van der Waals surface area (Å²) in [5.41, 5.74) is 7.51. The van der Waals surface area contributed by atoms with Crippen LogP contribution in [0.5, 0.6) is 0 Å². The topological polar surface area (TPSA) is 114 Å². The van der Waals surface area contributed by atoms with Gasteiger partial charge in [-0.2, -0.15) is 5.26 Å². The Morgan fingerprint density at radius 2 is 2.10 bits per heavy atom. The molecule has 0 radical (unpaired) electrons. The number of aliphatic hydroxyl groups is 1. The number of carbonyl (C=O) groups is 1. The molecule has 4 N–H and O–H groups in total. The highest BCUT2D eigenvalue weighted by Crippen LogP contribution is 2.57. The van der Waals surface area contributed by atoms with E-state index in [4.69, 9.17) is 11.1 Å². The molecule has 31 heavy (non-hydrogen) atoms. The van der Waals surface area contributed by atoms with Gasteiger partial charge in [-0.05, 0) is 66.2 Å². The number of alkyl halides is 2. The molecule has 0 aromatic heterocycles. The fourth-order valence-electron chi connectivity index (χ4n) is 5.96. The summed E-state index contributed by atoms with van der Waals surface area (Å²) >= 11 is 0. The van der Waals surface area contributed by atoms with E-state index in [0.717, 1.165) is 16.0 Å². The Bertz CT molecular complexity index is 951. The van der Waals surface area contributed by atoms with Crippen LogP contribution in [0.15, 0.2) is 18.2 Å². The van der Waals surface area contributed by atoms with Crippen LogP contribution in [0.25, 0.3) is 0 Å². The molecule has 1 aromatic carbocycles. The maximum absolute atomic E-state index is 13.8. The van der Waals surface area contributed by atoms with Crippen molar-refractivity contribution in [3.63, 3.8) is 0 Å². The van der Waals surface area contributed by atoms with E-state index >= 15 is 0 Å². The number of benzene rings is 1. The summed E-state index contributed by atoms with van der Waals surface area (Å²) in [5.74, 6) is -4.52. The maximum atomic E-state index is 13.8. The van der Waals surface area contributed by atoms with Crippen molar-refractivity contribution in [3.05, 3.63) is 34.9 Å². The smallest absolute Gasteiger partial charge is 0.248 e. The lowest BCUT2D eigenvalue weighted by Crippen LogP contribution is -2.52. The summed E-state index contributed by atoms with van der Waals surface area (Å²) < 4.78 is 26.7. The Morgan fingerprint density at radius 1 is 1.39 bits per heavy atom. The summed E-state index contributed by atoms with van der Waals surface area (Å²) in [7, 11) is 0. The van der Waals surface area contributed by atoms with E-state index in [9.17, 15) is 23.9 Å². The summed E-state index contributed by atoms with van der Waals surface area (Å²) in [6.45, 7) is 1.97. The van der Waals surface area contributed by atoms with Gasteiger partial charge in [-0.3, -0.25) is 15.1 Å². The van der Waals surface area contributed by atoms with Gasteiger partial charge in [0.1, 0.15) is 0 Å². The Labute approximate surface area is 180 Å². The first kappa shape index (κ1) is 21.7. The molecule has 0 aliphatic heterocycles. The van der Waals surface area contributed by atoms with Gasteiger partial charge in [0.05, 0.1) is 23.7 Å². The molecule has 6 nitrogen and oxygen atoms in total. The predicted octanol–water partition coefficient (Wildman–Crippen LogP) is 3.13. The number of guanidine groups is 1. The molecule has 3 aliphatic carbocycles. The number of hydrogen-bond donors (Lipinski definition) is 3. The van der Waals surface area contributed by atoms with Crippen molar-refractivity contribution in [1.29, 1.82) is 10.7 Å². The number of amides is 1. The third kappa shape index (κ3) is 3.80. The van der Waals surface area contributed by atoms with Crippen molar-refractivity contribution < 1.29 is 18.7 Å². The Hall–Kier alpha value is -2.53. The lowest BCUT2D eigenvalue weighted by Gasteiger charge is -2.45. The first-order chi connectivity index (χ1) is 14.5. The van der Waals surface area contributed by atoms with E-state index in [1.807, 2.05) is 13.0 Å². The van der Waals surface area contributed by atoms with Gasteiger partial charge in [0.25, 0.3) is 0 Å². The minimum atomic E-state index is -2.71. The molecule has 1 amide bonds. The Morgan fingerprint density at radius 3 is 2.68 bits per heavy atom. The van der Waals surface area contributed by atoms with Crippen molar-refractivity contribution in [1.82, 2.24) is 4.90 Å². The first-order valence-electron chi connectivity index (χ1n) is 10.8. The van der Waals surface area contributed by atoms with Crippen LogP contribution in [-0.2, 0) is 11.2 Å². The van der Waals surface area contributed by atoms with Gasteiger partial charge in [-0.1, -0.05) is 13.0 Å². The van der Waals surface area contributed by atoms with Crippen molar-refractivity contribution >= 4 is 11.9 Å². The van der Waals surface area contributed by atoms with E-state index in [2.05, 4.69) is 6.07 Å². The highest BCUT2D eigenvalue weighted by Gasteiger charge is 2.54. The van der Waals surface area contributed by atoms with Gasteiger partial charge in [0.2, 0.25) is 11.8 Å². The lowest BCUT2D eigenvalue weighted by molar-refractivity contribution is -0.140. The number of nitrogens with zero attached hydrogens (tertiary/aromatic N) is 2. The SMILES string of the molecule is CC1CC2(CCC1O)Cc1ccc(C#N)cc1C2C(=O)N(CC1CC(F)(F)C1)C(=N)N. The number of carbonyl (C=O) groups excluding carboxylic acids is 1. The Balaban J connectivity index is 1.70. The largest absolute Gasteiger partial charge is 0.393 e. The molecule has 8 heteroatoms. The van der Waals surface area contributed by atoms with E-state index in [-0.39, 0.29) is 31.2 Å². The molecule has 1 spiro atoms. The fourth-order valence-corrected chi connectivity index (χ4v) is 5.96. The molecule has 2 fully saturated rings. The molecule has 166 valence electrons. The van der Waals surface area contributed by atoms with Gasteiger partial charge in [0.15, 0.2) is 5.96 Å². The summed E-state index contributed by atoms with van der Waals surface area (Å²) in [4.78, 5) is 15.0. The third-order valence-corrected chi connectivity index (χ3v) is 7.48. The molecule has 0 heterocycles. The fraction of sp³-hybridized carbons (Fsp3) is 0.609. The molecule has 3 aliphatic rings. The number of hydrogen-bond acceptors (Lipinski definition) is 4. The van der Waals surface area contributed by atoms with Crippen LogP contribution in [0.1, 0.15) is 61.6 Å². The monoisotopic (exact) mass is 430 g/mol. The molecule has 0 saturated heterocycles. The van der Waals surface area contributed by atoms with Crippen molar-refractivity contribution in [2.24, 2.45) is 23.0 Å². The average Bonchev–Trinajstić information content (AvgIpc) is 2.99. The van der Waals surface area contributed by atoms with E-state index in [0.29, 0.717) is 31.2 Å². The first-order valence-corrected chi connectivity index (χ1v) is 10.8. The number of fused-ring (bicyclic) bond motifs is 1. The minimum Gasteiger partial charge on any atom is -0.393 e. The molecular formula is C23H28F2N4O2. The van der Waals surface area contributed by atoms with Crippen LogP contribution in [0.4, 0.5) is 8.78 Å². The number of nitriles is 1. The average molecular weight is 430 g/mol. The number of nitrogens with one attached hydrogen (secondary N) is 1. The van der Waals surface area contributed by atoms with Gasteiger partial charge in [0, 0.05) is 19.4 Å². The van der Waals surface area contributed by atoms with Gasteiger partial charge >= 0.3 is 0 Å². The quantitative estimate of drug-likeness (QED) is 0.505. The van der Waals surface area contributed by atoms with Crippen molar-refractivity contribution in [2.45, 2.75) is 63.4 Å². The van der Waals surface area contributed by atoms with E-state index in [1.165, 1.54) is 0 Å². The molecule has 2 saturated carbocycles. The second-order valence-electron chi connectivity index (χ2n) is 9.75. The van der Waals surface area contributed by atoms with E-state index in [1.54, 1.807) is 12.1 Å². The summed E-state index contributed by atoms with van der Waals surface area (Å²) in [6, 6.07) is 7.47. The lowest BCUT2D eigenvalue weighted by atomic mass is 9.62. The molecular weight excluding hydrogens is 402 g/mol. The normalized spacial score (nSPS) is 31.5. The molecule has 4 atom stereocenters. The molecule has 4 unspecified atom stereocenters. The zero-order valence-corrected chi connectivity index (χ0v) is 17.6. The highest BCUT2D eigenvalue weighted by atomic mass is 19.3. The Kier molecular flexibility index (Phi) is 5.29. The maximum Gasteiger partial charge on any atom is 0.248 e. The van der Waals surface area contributed by atoms with Crippen molar-refractivity contribution in [3.8, 4) is 6.07 Å². The second-order valence-corrected chi connectivity index (χ2v) is 9.75. The summed E-state index contributed by atoms with van der Waals surface area (Å²) in [5, 5.41) is 27.6. The number of halogens is 2. The van der Waals surface area contributed by atoms with Crippen LogP contribution in [0.2, 0.25) is 0 Å². The van der Waals surface area contributed by atoms with Gasteiger partial charge < -0.3 is 10.8 Å². The van der Waals surface area contributed by atoms with Crippen molar-refractivity contribution in [2.75, 3.05) is 6.54 Å². The molecule has 1 aromatic rings. The number of nitrogens with two attached hydrogens (primary N) is 1. The van der Waals surface area contributed by atoms with Crippen LogP contribution >= 0.6 is 0 Å². The summed E-state index contributed by atoms with van der Waals surface area (Å²) in [6.07, 6.45) is 1.44. The highest BCUT2D eigenvalue weighted by molar-refractivity contribution is 5.99. The van der Waals surface area contributed by atoms with Gasteiger partial charge in [-0.15, -0.1) is 0 Å². The van der Waals surface area contributed by atoms with Crippen LogP contribution in [-0.4, -0.2) is 40.4 Å². The number of aliphatic hydroxyl groups excluding tert-OH is 1. The van der Waals surface area contributed by atoms with Gasteiger partial charge in [-0.25, -0.2) is 8.78 Å². The molecule has 0 bridgehead atoms. The zero-order chi connectivity index (χ0) is 22.6.